The topological polar surface area (TPSA) is 348 Å². The number of rotatable bonds is 19. The predicted octanol–water partition coefficient (Wildman–Crippen LogP) is 3.12. The lowest BCUT2D eigenvalue weighted by atomic mass is 9.72. The number of carbonyl (C=O) groups excluding carboxylic acids is 8. The SMILES string of the molecule is COc1cccc2c1C(=O)c1c(O)c3c(c(O)c1C2=O)C[C@@](O)(C(=O)COC(=O)CCCC(=O)NCCOc1cccc(C(=O)N2CCN(C(=O)C(=O)c4c[nH]c5c(-c6ccco6)ccc(OC)c45)CC2)c1)C[C@@H]3O[C@H]1C[C@H]([NH3+])[C@H](O)[C@H](C)O1. The summed E-state index contributed by atoms with van der Waals surface area (Å²) in [5.74, 6) is -5.84. The molecule has 6 atom stereocenters. The summed E-state index contributed by atoms with van der Waals surface area (Å²) in [4.78, 5) is 114. The molecule has 2 fully saturated rings. The molecule has 0 unspecified atom stereocenters. The molecule has 2 saturated heterocycles. The van der Waals surface area contributed by atoms with Crippen molar-refractivity contribution < 1.29 is 97.4 Å². The van der Waals surface area contributed by atoms with Gasteiger partial charge >= 0.3 is 5.97 Å². The summed E-state index contributed by atoms with van der Waals surface area (Å²) in [6.07, 6.45) is -2.92. The van der Waals surface area contributed by atoms with E-state index in [9.17, 15) is 58.8 Å². The number of aromatic amines is 1. The summed E-state index contributed by atoms with van der Waals surface area (Å²) in [7, 11) is 2.78. The lowest BCUT2D eigenvalue weighted by molar-refractivity contribution is -0.466. The van der Waals surface area contributed by atoms with Crippen molar-refractivity contribution in [3.63, 3.8) is 0 Å². The molecule has 2 aromatic heterocycles. The molecule has 24 nitrogen and oxygen atoms in total. The van der Waals surface area contributed by atoms with Gasteiger partial charge in [-0.15, -0.1) is 0 Å². The maximum absolute atomic E-state index is 14.1. The largest absolute Gasteiger partial charge is 0.507 e. The Hall–Kier alpha value is -8.94. The molecule has 9 N–H and O–H groups in total. The first-order valence-electron chi connectivity index (χ1n) is 27.3. The van der Waals surface area contributed by atoms with Crippen molar-refractivity contribution in [2.24, 2.45) is 0 Å². The number of phenols is 2. The number of hydrogen-bond acceptors (Lipinski definition) is 19. The number of ether oxygens (including phenoxy) is 6. The minimum Gasteiger partial charge on any atom is -0.507 e. The van der Waals surface area contributed by atoms with Crippen molar-refractivity contribution in [3.8, 4) is 40.1 Å². The lowest BCUT2D eigenvalue weighted by Crippen LogP contribution is -2.71. The zero-order valence-corrected chi connectivity index (χ0v) is 46.1. The molecule has 440 valence electrons. The molecule has 0 radical (unpaired) electrons. The van der Waals surface area contributed by atoms with Crippen LogP contribution >= 0.6 is 0 Å². The first-order chi connectivity index (χ1) is 40.3. The van der Waals surface area contributed by atoms with E-state index < -0.39 is 119 Å². The van der Waals surface area contributed by atoms with Gasteiger partial charge in [0, 0.05) is 85.9 Å². The molecule has 3 amide bonds. The van der Waals surface area contributed by atoms with Crippen LogP contribution in [0.25, 0.3) is 22.2 Å². The number of ketones is 4. The van der Waals surface area contributed by atoms with Gasteiger partial charge in [0.15, 0.2) is 18.7 Å². The zero-order chi connectivity index (χ0) is 59.7. The number of furan rings is 1. The van der Waals surface area contributed by atoms with Gasteiger partial charge in [-0.25, -0.2) is 0 Å². The Balaban J connectivity index is 0.685. The van der Waals surface area contributed by atoms with E-state index in [1.165, 1.54) is 49.8 Å². The normalized spacial score (nSPS) is 21.0. The van der Waals surface area contributed by atoms with Crippen LogP contribution in [0.3, 0.4) is 0 Å². The number of benzene rings is 4. The smallest absolute Gasteiger partial charge is 0.306 e. The molecular formula is C60H62N5O19+. The van der Waals surface area contributed by atoms with Crippen molar-refractivity contribution in [3.05, 3.63) is 124 Å². The number of piperazine rings is 1. The minimum atomic E-state index is -2.44. The number of aliphatic hydroxyl groups is 2. The number of Topliss-reactive ketones (excluding diaryl/α,β-unsaturated/α-hetero) is 2. The highest BCUT2D eigenvalue weighted by Crippen LogP contribution is 2.53. The Morgan fingerprint density at radius 1 is 0.857 bits per heavy atom. The van der Waals surface area contributed by atoms with Gasteiger partial charge in [-0.3, -0.25) is 38.4 Å². The Bertz CT molecular complexity index is 3590. The number of esters is 1. The first kappa shape index (κ1) is 58.3. The zero-order valence-electron chi connectivity index (χ0n) is 46.1. The van der Waals surface area contributed by atoms with Crippen molar-refractivity contribution in [1.82, 2.24) is 20.1 Å². The summed E-state index contributed by atoms with van der Waals surface area (Å²) in [6.45, 7) is 1.33. The number of phenolic OH excluding ortho intramolecular Hbond substituents is 2. The predicted molar refractivity (Wildman–Crippen MR) is 292 cm³/mol. The summed E-state index contributed by atoms with van der Waals surface area (Å²) in [5.41, 5.74) is 1.48. The van der Waals surface area contributed by atoms with Crippen molar-refractivity contribution in [2.45, 2.75) is 81.7 Å². The fourth-order valence-electron chi connectivity index (χ4n) is 11.3. The minimum absolute atomic E-state index is 0.0190. The van der Waals surface area contributed by atoms with Crippen LogP contribution in [0.2, 0.25) is 0 Å². The number of methoxy groups -OCH3 is 2. The molecule has 4 aromatic carbocycles. The number of aromatic hydroxyl groups is 2. The number of aliphatic hydroxyl groups excluding tert-OH is 1. The van der Waals surface area contributed by atoms with Gasteiger partial charge in [-0.05, 0) is 61.9 Å². The quantitative estimate of drug-likeness (QED) is 0.0201. The van der Waals surface area contributed by atoms with Crippen LogP contribution in [0.4, 0.5) is 0 Å². The number of nitrogens with one attached hydrogen (secondary N) is 2. The molecule has 0 spiro atoms. The second-order valence-corrected chi connectivity index (χ2v) is 21.0. The average Bonchev–Trinajstić information content (AvgIpc) is 1.07. The van der Waals surface area contributed by atoms with Gasteiger partial charge in [-0.2, -0.15) is 0 Å². The van der Waals surface area contributed by atoms with E-state index in [1.54, 1.807) is 60.4 Å². The number of aromatic nitrogens is 1. The maximum atomic E-state index is 14.1. The van der Waals surface area contributed by atoms with Crippen LogP contribution in [-0.2, 0) is 39.8 Å². The number of H-pyrrole nitrogens is 1. The molecule has 24 heteroatoms. The molecule has 0 bridgehead atoms. The van der Waals surface area contributed by atoms with E-state index in [-0.39, 0.29) is 104 Å². The fourth-order valence-corrected chi connectivity index (χ4v) is 11.3. The second kappa shape index (κ2) is 24.1. The molecular weight excluding hydrogens is 1090 g/mol. The second-order valence-electron chi connectivity index (χ2n) is 21.0. The lowest BCUT2D eigenvalue weighted by Gasteiger charge is -2.41. The molecule has 2 aliphatic carbocycles. The highest BCUT2D eigenvalue weighted by molar-refractivity contribution is 6.45. The number of amides is 3. The van der Waals surface area contributed by atoms with E-state index in [0.717, 1.165) is 0 Å². The van der Waals surface area contributed by atoms with Gasteiger partial charge in [0.1, 0.15) is 58.9 Å². The van der Waals surface area contributed by atoms with Crippen LogP contribution in [0, 0.1) is 0 Å². The van der Waals surface area contributed by atoms with E-state index >= 15 is 0 Å². The standard InChI is InChI=1S/C60H61N5O19/c1-30-52(69)37(61)25-45(83-30)84-41-27-60(77,26-35-48(41)57(74)50-49(54(35)71)53(70)34-10-5-11-39(78-2)47(34)56(50)73)42(66)29-82-44(68)14-6-13-43(67)62-17-23-80-32-9-4-8-31(24-32)58(75)64-18-20-65(21-19-64)59(76)55(72)36-28-63-51-33(38-12-7-22-81-38)15-16-40(79-3)46(36)51/h4-5,7-12,15-16,22,24,28,30,37,41,45,52,63,69,71,74,77H,6,13-14,17-21,23,25-27,29,61H2,1-3H3,(H,62,67)/p+1/t30-,37-,41-,45-,52+,60-/m0/s1. The molecule has 0 saturated carbocycles. The van der Waals surface area contributed by atoms with Gasteiger partial charge in [0.25, 0.3) is 17.6 Å². The number of hydrogen-bond donors (Lipinski definition) is 7. The van der Waals surface area contributed by atoms with Crippen molar-refractivity contribution in [2.75, 3.05) is 60.2 Å². The van der Waals surface area contributed by atoms with Crippen LogP contribution in [-0.4, -0.2) is 172 Å². The van der Waals surface area contributed by atoms with E-state index in [1.807, 2.05) is 0 Å². The van der Waals surface area contributed by atoms with Crippen LogP contribution in [0.5, 0.6) is 28.7 Å². The maximum Gasteiger partial charge on any atom is 0.306 e. The van der Waals surface area contributed by atoms with Crippen LogP contribution in [0.15, 0.2) is 83.6 Å². The highest BCUT2D eigenvalue weighted by Gasteiger charge is 2.51. The summed E-state index contributed by atoms with van der Waals surface area (Å²) < 4.78 is 39.7. The molecule has 4 aliphatic rings. The highest BCUT2D eigenvalue weighted by atomic mass is 16.7. The van der Waals surface area contributed by atoms with Crippen LogP contribution < -0.4 is 25.3 Å². The summed E-state index contributed by atoms with van der Waals surface area (Å²) in [5, 5.41) is 49.4. The monoisotopic (exact) mass is 1160 g/mol. The summed E-state index contributed by atoms with van der Waals surface area (Å²) in [6, 6.07) is 17.2. The Morgan fingerprint density at radius 3 is 2.32 bits per heavy atom. The third-order valence-corrected chi connectivity index (χ3v) is 15.8. The summed E-state index contributed by atoms with van der Waals surface area (Å²) >= 11 is 0. The third-order valence-electron chi connectivity index (χ3n) is 15.8. The number of nitrogens with zero attached hydrogens (tertiary/aromatic N) is 2. The Morgan fingerprint density at radius 2 is 1.60 bits per heavy atom. The number of fused-ring (bicyclic) bond motifs is 4. The van der Waals surface area contributed by atoms with Gasteiger partial charge in [-0.1, -0.05) is 18.2 Å². The molecule has 2 aliphatic heterocycles. The van der Waals surface area contributed by atoms with Crippen molar-refractivity contribution >= 4 is 57.7 Å². The van der Waals surface area contributed by atoms with Gasteiger partial charge in [0.05, 0.1) is 78.8 Å². The van der Waals surface area contributed by atoms with E-state index in [0.29, 0.717) is 39.3 Å². The Kier molecular flexibility index (Phi) is 16.7. The third kappa shape index (κ3) is 11.2. The van der Waals surface area contributed by atoms with Crippen molar-refractivity contribution in [1.29, 1.82) is 0 Å². The van der Waals surface area contributed by atoms with Gasteiger partial charge < -0.3 is 79.1 Å². The fraction of sp³-hybridized carbons (Fsp3) is 0.367. The Labute approximate surface area is 479 Å². The number of quaternary nitrogens is 1. The number of carbonyl (C=O) groups is 8. The molecule has 4 heterocycles. The molecule has 10 rings (SSSR count). The first-order valence-corrected chi connectivity index (χ1v) is 27.3. The van der Waals surface area contributed by atoms with E-state index in [2.05, 4.69) is 16.0 Å². The van der Waals surface area contributed by atoms with E-state index in [4.69, 9.17) is 32.8 Å². The average molecular weight is 1160 g/mol. The van der Waals surface area contributed by atoms with Gasteiger partial charge in [0.2, 0.25) is 17.5 Å². The van der Waals surface area contributed by atoms with Crippen LogP contribution in [0.1, 0.15) is 109 Å². The molecule has 6 aromatic rings. The molecule has 84 heavy (non-hydrogen) atoms.